The van der Waals surface area contributed by atoms with E-state index < -0.39 is 9.84 Å². The number of rotatable bonds is 4. The molecule has 3 rings (SSSR count). The largest absolute Gasteiger partial charge is 0.247 e. The van der Waals surface area contributed by atoms with Gasteiger partial charge in [0, 0.05) is 29.8 Å². The van der Waals surface area contributed by atoms with E-state index in [0.717, 1.165) is 22.4 Å². The molecule has 2 aromatic carbocycles. The van der Waals surface area contributed by atoms with Crippen LogP contribution >= 0.6 is 0 Å². The van der Waals surface area contributed by atoms with Crippen molar-refractivity contribution in [3.8, 4) is 22.4 Å². The second-order valence-electron chi connectivity index (χ2n) is 6.02. The molecule has 128 valence electrons. The van der Waals surface area contributed by atoms with E-state index in [1.807, 2.05) is 25.4 Å². The minimum atomic E-state index is -3.21. The first-order valence-corrected chi connectivity index (χ1v) is 9.87. The highest BCUT2D eigenvalue weighted by molar-refractivity contribution is 7.90. The van der Waals surface area contributed by atoms with Crippen molar-refractivity contribution in [2.24, 2.45) is 0 Å². The van der Waals surface area contributed by atoms with Crippen molar-refractivity contribution in [2.45, 2.75) is 18.7 Å². The molecule has 3 aromatic rings. The number of hydrogen-bond donors (Lipinski definition) is 0. The van der Waals surface area contributed by atoms with Gasteiger partial charge < -0.3 is 0 Å². The van der Waals surface area contributed by atoms with E-state index in [0.29, 0.717) is 4.90 Å². The Hall–Kier alpha value is -2.66. The van der Waals surface area contributed by atoms with Crippen LogP contribution < -0.4 is 0 Å². The normalized spacial score (nSPS) is 12.0. The molecular formula is C20H20N2O2S. The van der Waals surface area contributed by atoms with E-state index in [2.05, 4.69) is 36.3 Å². The molecule has 0 aliphatic heterocycles. The SMILES string of the molecule is CC=Cn1cc(-c2ccc(C)cc2)c(-c2ccc(S(C)(=O)=O)cc2)n1. The van der Waals surface area contributed by atoms with Crippen molar-refractivity contribution in [3.63, 3.8) is 0 Å². The Balaban J connectivity index is 2.13. The van der Waals surface area contributed by atoms with Crippen molar-refractivity contribution in [3.05, 3.63) is 66.4 Å². The molecule has 1 aromatic heterocycles. The van der Waals surface area contributed by atoms with Gasteiger partial charge in [0.05, 0.1) is 4.90 Å². The van der Waals surface area contributed by atoms with Gasteiger partial charge in [-0.1, -0.05) is 48.0 Å². The highest BCUT2D eigenvalue weighted by Gasteiger charge is 2.14. The zero-order chi connectivity index (χ0) is 18.0. The number of sulfone groups is 1. The Morgan fingerprint density at radius 3 is 2.12 bits per heavy atom. The predicted molar refractivity (Wildman–Crippen MR) is 102 cm³/mol. The third-order valence-electron chi connectivity index (χ3n) is 3.95. The zero-order valence-corrected chi connectivity index (χ0v) is 15.3. The van der Waals surface area contributed by atoms with Crippen LogP contribution in [-0.2, 0) is 9.84 Å². The minimum Gasteiger partial charge on any atom is -0.247 e. The summed E-state index contributed by atoms with van der Waals surface area (Å²) in [5.41, 5.74) is 4.98. The average molecular weight is 352 g/mol. The molecule has 0 saturated heterocycles. The topological polar surface area (TPSA) is 52.0 Å². The predicted octanol–water partition coefficient (Wildman–Crippen LogP) is 4.42. The molecule has 4 nitrogen and oxygen atoms in total. The number of benzene rings is 2. The van der Waals surface area contributed by atoms with Crippen molar-refractivity contribution >= 4 is 16.0 Å². The van der Waals surface area contributed by atoms with E-state index in [1.54, 1.807) is 28.9 Å². The van der Waals surface area contributed by atoms with Crippen LogP contribution in [0, 0.1) is 6.92 Å². The second kappa shape index (κ2) is 6.69. The van der Waals surface area contributed by atoms with Gasteiger partial charge in [-0.15, -0.1) is 0 Å². The maximum atomic E-state index is 11.7. The lowest BCUT2D eigenvalue weighted by atomic mass is 10.0. The van der Waals surface area contributed by atoms with Gasteiger partial charge in [0.1, 0.15) is 5.69 Å². The third kappa shape index (κ3) is 3.72. The highest BCUT2D eigenvalue weighted by atomic mass is 32.2. The van der Waals surface area contributed by atoms with E-state index in [1.165, 1.54) is 11.8 Å². The molecule has 0 saturated carbocycles. The lowest BCUT2D eigenvalue weighted by molar-refractivity contribution is 0.602. The first-order valence-electron chi connectivity index (χ1n) is 7.98. The molecule has 0 atom stereocenters. The molecule has 0 spiro atoms. The molecule has 0 bridgehead atoms. The number of aryl methyl sites for hydroxylation is 1. The summed E-state index contributed by atoms with van der Waals surface area (Å²) in [5.74, 6) is 0. The van der Waals surface area contributed by atoms with Gasteiger partial charge in [0.2, 0.25) is 0 Å². The summed E-state index contributed by atoms with van der Waals surface area (Å²) >= 11 is 0. The first kappa shape index (κ1) is 17.2. The zero-order valence-electron chi connectivity index (χ0n) is 14.5. The Labute approximate surface area is 148 Å². The summed E-state index contributed by atoms with van der Waals surface area (Å²) in [6.07, 6.45) is 6.99. The van der Waals surface area contributed by atoms with E-state index in [9.17, 15) is 8.42 Å². The van der Waals surface area contributed by atoms with Gasteiger partial charge in [0.15, 0.2) is 9.84 Å². The quantitative estimate of drug-likeness (QED) is 0.698. The van der Waals surface area contributed by atoms with Gasteiger partial charge in [-0.25, -0.2) is 13.1 Å². The van der Waals surface area contributed by atoms with Crippen molar-refractivity contribution in [2.75, 3.05) is 6.26 Å². The summed E-state index contributed by atoms with van der Waals surface area (Å²) in [5, 5.41) is 4.64. The third-order valence-corrected chi connectivity index (χ3v) is 5.08. The Bertz CT molecular complexity index is 1010. The van der Waals surface area contributed by atoms with E-state index >= 15 is 0 Å². The number of hydrogen-bond acceptors (Lipinski definition) is 3. The van der Waals surface area contributed by atoms with Crippen LogP contribution in [0.2, 0.25) is 0 Å². The molecule has 1 heterocycles. The Morgan fingerprint density at radius 1 is 0.960 bits per heavy atom. The number of allylic oxidation sites excluding steroid dienone is 1. The van der Waals surface area contributed by atoms with Gasteiger partial charge >= 0.3 is 0 Å². The maximum Gasteiger partial charge on any atom is 0.175 e. The molecular weight excluding hydrogens is 332 g/mol. The van der Waals surface area contributed by atoms with Crippen LogP contribution in [0.4, 0.5) is 0 Å². The second-order valence-corrected chi connectivity index (χ2v) is 8.03. The van der Waals surface area contributed by atoms with Gasteiger partial charge in [0.25, 0.3) is 0 Å². The number of nitrogens with zero attached hydrogens (tertiary/aromatic N) is 2. The first-order chi connectivity index (χ1) is 11.9. The molecule has 25 heavy (non-hydrogen) atoms. The fraction of sp³-hybridized carbons (Fsp3) is 0.150. The summed E-state index contributed by atoms with van der Waals surface area (Å²) in [7, 11) is -3.21. The lowest BCUT2D eigenvalue weighted by Gasteiger charge is -2.05. The van der Waals surface area contributed by atoms with Crippen LogP contribution in [0.25, 0.3) is 28.6 Å². The van der Waals surface area contributed by atoms with E-state index in [-0.39, 0.29) is 0 Å². The van der Waals surface area contributed by atoms with Gasteiger partial charge in [-0.2, -0.15) is 5.10 Å². The van der Waals surface area contributed by atoms with Crippen molar-refractivity contribution in [1.82, 2.24) is 9.78 Å². The molecule has 0 aliphatic rings. The summed E-state index contributed by atoms with van der Waals surface area (Å²) in [4.78, 5) is 0.307. The lowest BCUT2D eigenvalue weighted by Crippen LogP contribution is -1.96. The fourth-order valence-electron chi connectivity index (χ4n) is 2.64. The monoisotopic (exact) mass is 352 g/mol. The van der Waals surface area contributed by atoms with Gasteiger partial charge in [-0.3, -0.25) is 0 Å². The molecule has 0 radical (unpaired) electrons. The van der Waals surface area contributed by atoms with Crippen LogP contribution in [0.3, 0.4) is 0 Å². The summed E-state index contributed by atoms with van der Waals surface area (Å²) in [6, 6.07) is 15.1. The standard InChI is InChI=1S/C20H20N2O2S/c1-4-13-22-14-19(16-7-5-15(2)6-8-16)20(21-22)17-9-11-18(12-10-17)25(3,23)24/h4-14H,1-3H3. The smallest absolute Gasteiger partial charge is 0.175 e. The summed E-state index contributed by atoms with van der Waals surface area (Å²) in [6.45, 7) is 3.99. The maximum absolute atomic E-state index is 11.7. The van der Waals surface area contributed by atoms with Crippen molar-refractivity contribution < 1.29 is 8.42 Å². The molecule has 5 heteroatoms. The van der Waals surface area contributed by atoms with Gasteiger partial charge in [-0.05, 0) is 31.5 Å². The van der Waals surface area contributed by atoms with Crippen molar-refractivity contribution in [1.29, 1.82) is 0 Å². The Morgan fingerprint density at radius 2 is 1.56 bits per heavy atom. The molecule has 0 fully saturated rings. The molecule has 0 unspecified atom stereocenters. The summed E-state index contributed by atoms with van der Waals surface area (Å²) < 4.78 is 25.1. The molecule has 0 N–H and O–H groups in total. The fourth-order valence-corrected chi connectivity index (χ4v) is 3.27. The molecule has 0 amide bonds. The average Bonchev–Trinajstić information content (AvgIpc) is 2.99. The van der Waals surface area contributed by atoms with Crippen LogP contribution in [0.5, 0.6) is 0 Å². The van der Waals surface area contributed by atoms with Crippen LogP contribution in [0.1, 0.15) is 12.5 Å². The van der Waals surface area contributed by atoms with E-state index in [4.69, 9.17) is 0 Å². The van der Waals surface area contributed by atoms with Crippen LogP contribution in [-0.4, -0.2) is 24.5 Å². The minimum absolute atomic E-state index is 0.307. The Kier molecular flexibility index (Phi) is 4.59. The number of aromatic nitrogens is 2. The molecule has 0 aliphatic carbocycles. The van der Waals surface area contributed by atoms with Crippen LogP contribution in [0.15, 0.2) is 65.7 Å². The highest BCUT2D eigenvalue weighted by Crippen LogP contribution is 2.32.